The number of carbonyl (C=O) groups excluding carboxylic acids is 1. The van der Waals surface area contributed by atoms with E-state index in [9.17, 15) is 23.2 Å². The Morgan fingerprint density at radius 3 is 2.72 bits per heavy atom. The summed E-state index contributed by atoms with van der Waals surface area (Å²) >= 11 is 0. The molecule has 0 aliphatic heterocycles. The SMILES string of the molecule is N#C/C(=C/NCCc1c[nH]c2ccccc12)C(=O)Nc1cccc(C(F)(F)F)c1. The number of halogens is 3. The molecule has 8 heteroatoms. The molecule has 0 spiro atoms. The fourth-order valence-electron chi connectivity index (χ4n) is 2.84. The lowest BCUT2D eigenvalue weighted by molar-refractivity contribution is -0.137. The van der Waals surface area contributed by atoms with Crippen molar-refractivity contribution in [1.29, 1.82) is 5.26 Å². The maximum absolute atomic E-state index is 12.8. The second kappa shape index (κ2) is 8.52. The van der Waals surface area contributed by atoms with Crippen LogP contribution in [-0.2, 0) is 17.4 Å². The molecule has 0 unspecified atom stereocenters. The van der Waals surface area contributed by atoms with Crippen LogP contribution in [0.3, 0.4) is 0 Å². The Hall–Kier alpha value is -3.73. The van der Waals surface area contributed by atoms with Gasteiger partial charge in [-0.2, -0.15) is 18.4 Å². The molecular formula is C21H17F3N4O. The molecule has 148 valence electrons. The third kappa shape index (κ3) is 4.96. The molecule has 1 aromatic heterocycles. The van der Waals surface area contributed by atoms with Crippen LogP contribution in [0.25, 0.3) is 10.9 Å². The van der Waals surface area contributed by atoms with Crippen molar-refractivity contribution in [1.82, 2.24) is 10.3 Å². The zero-order valence-electron chi connectivity index (χ0n) is 15.2. The molecule has 0 atom stereocenters. The van der Waals surface area contributed by atoms with Crippen molar-refractivity contribution < 1.29 is 18.0 Å². The minimum atomic E-state index is -4.52. The van der Waals surface area contributed by atoms with Crippen molar-refractivity contribution >= 4 is 22.5 Å². The summed E-state index contributed by atoms with van der Waals surface area (Å²) in [6.07, 6.45) is -0.688. The summed E-state index contributed by atoms with van der Waals surface area (Å²) in [5.41, 5.74) is 0.963. The zero-order valence-corrected chi connectivity index (χ0v) is 15.2. The minimum absolute atomic E-state index is 0.0373. The molecule has 5 nitrogen and oxygen atoms in total. The molecule has 1 heterocycles. The lowest BCUT2D eigenvalue weighted by atomic mass is 10.1. The van der Waals surface area contributed by atoms with Crippen LogP contribution in [-0.4, -0.2) is 17.4 Å². The Bertz CT molecular complexity index is 1090. The van der Waals surface area contributed by atoms with E-state index in [1.807, 2.05) is 30.5 Å². The summed E-state index contributed by atoms with van der Waals surface area (Å²) in [5.74, 6) is -0.786. The molecule has 0 bridgehead atoms. The van der Waals surface area contributed by atoms with Gasteiger partial charge in [0.1, 0.15) is 11.6 Å². The highest BCUT2D eigenvalue weighted by Crippen LogP contribution is 2.30. The Kier molecular flexibility index (Phi) is 5.88. The van der Waals surface area contributed by atoms with Gasteiger partial charge in [0.15, 0.2) is 0 Å². The maximum Gasteiger partial charge on any atom is 0.416 e. The Balaban J connectivity index is 1.59. The number of aromatic amines is 1. The number of carbonyl (C=O) groups is 1. The van der Waals surface area contributed by atoms with Crippen LogP contribution in [0.5, 0.6) is 0 Å². The van der Waals surface area contributed by atoms with Gasteiger partial charge in [0, 0.05) is 35.5 Å². The van der Waals surface area contributed by atoms with Crippen molar-refractivity contribution in [2.75, 3.05) is 11.9 Å². The van der Waals surface area contributed by atoms with Crippen LogP contribution in [0.1, 0.15) is 11.1 Å². The van der Waals surface area contributed by atoms with Crippen molar-refractivity contribution in [2.24, 2.45) is 0 Å². The number of aromatic nitrogens is 1. The molecule has 0 saturated carbocycles. The summed E-state index contributed by atoms with van der Waals surface area (Å²) in [7, 11) is 0. The Morgan fingerprint density at radius 2 is 1.97 bits per heavy atom. The number of nitrogens with one attached hydrogen (secondary N) is 3. The summed E-state index contributed by atoms with van der Waals surface area (Å²) < 4.78 is 38.3. The van der Waals surface area contributed by atoms with Crippen LogP contribution < -0.4 is 10.6 Å². The zero-order chi connectivity index (χ0) is 20.9. The number of hydrogen-bond acceptors (Lipinski definition) is 3. The number of H-pyrrole nitrogens is 1. The van der Waals surface area contributed by atoms with Crippen molar-refractivity contribution in [2.45, 2.75) is 12.6 Å². The number of para-hydroxylation sites is 1. The van der Waals surface area contributed by atoms with Crippen molar-refractivity contribution in [3.63, 3.8) is 0 Å². The number of nitrogens with zero attached hydrogens (tertiary/aromatic N) is 1. The van der Waals surface area contributed by atoms with Gasteiger partial charge in [0.2, 0.25) is 0 Å². The molecule has 2 aromatic carbocycles. The summed E-state index contributed by atoms with van der Waals surface area (Å²) in [4.78, 5) is 15.3. The van der Waals surface area contributed by atoms with E-state index in [1.165, 1.54) is 18.3 Å². The van der Waals surface area contributed by atoms with E-state index in [0.717, 1.165) is 28.6 Å². The first-order valence-corrected chi connectivity index (χ1v) is 8.76. The third-order valence-corrected chi connectivity index (χ3v) is 4.27. The predicted molar refractivity (Wildman–Crippen MR) is 104 cm³/mol. The van der Waals surface area contributed by atoms with Gasteiger partial charge < -0.3 is 15.6 Å². The normalized spacial score (nSPS) is 11.9. The van der Waals surface area contributed by atoms with Gasteiger partial charge in [0.05, 0.1) is 5.56 Å². The molecule has 0 aliphatic carbocycles. The van der Waals surface area contributed by atoms with E-state index in [0.29, 0.717) is 13.0 Å². The van der Waals surface area contributed by atoms with Crippen LogP contribution >= 0.6 is 0 Å². The number of fused-ring (bicyclic) bond motifs is 1. The summed E-state index contributed by atoms with van der Waals surface area (Å²) in [6, 6.07) is 13.8. The standard InChI is InChI=1S/C21H17F3N4O/c22-21(23,24)16-4-3-5-17(10-16)28-20(29)15(11-25)12-26-9-8-14-13-27-19-7-2-1-6-18(14)19/h1-7,10,12-13,26-27H,8-9H2,(H,28,29)/b15-12-. The summed E-state index contributed by atoms with van der Waals surface area (Å²) in [5, 5.41) is 15.5. The van der Waals surface area contributed by atoms with Gasteiger partial charge >= 0.3 is 6.18 Å². The van der Waals surface area contributed by atoms with Gasteiger partial charge in [-0.05, 0) is 36.2 Å². The van der Waals surface area contributed by atoms with E-state index in [1.54, 1.807) is 6.07 Å². The van der Waals surface area contributed by atoms with E-state index in [-0.39, 0.29) is 11.3 Å². The molecule has 0 radical (unpaired) electrons. The molecular weight excluding hydrogens is 381 g/mol. The number of rotatable bonds is 6. The average Bonchev–Trinajstić information content (AvgIpc) is 3.11. The molecule has 0 fully saturated rings. The van der Waals surface area contributed by atoms with E-state index in [4.69, 9.17) is 0 Å². The van der Waals surface area contributed by atoms with Crippen molar-refractivity contribution in [3.05, 3.63) is 77.6 Å². The predicted octanol–water partition coefficient (Wildman–Crippen LogP) is 4.36. The Morgan fingerprint density at radius 1 is 1.17 bits per heavy atom. The lowest BCUT2D eigenvalue weighted by Crippen LogP contribution is -2.18. The maximum atomic E-state index is 12.8. The number of amides is 1. The molecule has 0 saturated heterocycles. The first-order valence-electron chi connectivity index (χ1n) is 8.76. The van der Waals surface area contributed by atoms with Crippen LogP contribution in [0.2, 0.25) is 0 Å². The number of benzene rings is 2. The molecule has 3 rings (SSSR count). The topological polar surface area (TPSA) is 80.7 Å². The largest absolute Gasteiger partial charge is 0.416 e. The third-order valence-electron chi connectivity index (χ3n) is 4.27. The summed E-state index contributed by atoms with van der Waals surface area (Å²) in [6.45, 7) is 0.476. The highest BCUT2D eigenvalue weighted by molar-refractivity contribution is 6.06. The smallest absolute Gasteiger partial charge is 0.389 e. The van der Waals surface area contributed by atoms with Crippen molar-refractivity contribution in [3.8, 4) is 6.07 Å². The Labute approximate surface area is 164 Å². The van der Waals surface area contributed by atoms with Gasteiger partial charge in [-0.25, -0.2) is 0 Å². The molecule has 29 heavy (non-hydrogen) atoms. The van der Waals surface area contributed by atoms with E-state index < -0.39 is 17.6 Å². The van der Waals surface area contributed by atoms with E-state index in [2.05, 4.69) is 15.6 Å². The fourth-order valence-corrected chi connectivity index (χ4v) is 2.84. The van der Waals surface area contributed by atoms with E-state index >= 15 is 0 Å². The first kappa shape index (κ1) is 20.0. The second-order valence-electron chi connectivity index (χ2n) is 6.27. The highest BCUT2D eigenvalue weighted by Gasteiger charge is 2.30. The number of nitriles is 1. The first-order chi connectivity index (χ1) is 13.9. The molecule has 3 aromatic rings. The van der Waals surface area contributed by atoms with Gasteiger partial charge in [-0.15, -0.1) is 0 Å². The minimum Gasteiger partial charge on any atom is -0.389 e. The van der Waals surface area contributed by atoms with Gasteiger partial charge in [-0.1, -0.05) is 24.3 Å². The van der Waals surface area contributed by atoms with Gasteiger partial charge in [0.25, 0.3) is 5.91 Å². The number of hydrogen-bond donors (Lipinski definition) is 3. The number of alkyl halides is 3. The van der Waals surface area contributed by atoms with Crippen LogP contribution in [0, 0.1) is 11.3 Å². The molecule has 0 aliphatic rings. The highest BCUT2D eigenvalue weighted by atomic mass is 19.4. The average molecular weight is 398 g/mol. The lowest BCUT2D eigenvalue weighted by Gasteiger charge is -2.09. The van der Waals surface area contributed by atoms with Gasteiger partial charge in [-0.3, -0.25) is 4.79 Å². The number of anilines is 1. The molecule has 1 amide bonds. The van der Waals surface area contributed by atoms with Crippen LogP contribution in [0.4, 0.5) is 18.9 Å². The molecule has 3 N–H and O–H groups in total. The van der Waals surface area contributed by atoms with Crippen LogP contribution in [0.15, 0.2) is 66.5 Å². The second-order valence-corrected chi connectivity index (χ2v) is 6.27. The fraction of sp³-hybridized carbons (Fsp3) is 0.143. The monoisotopic (exact) mass is 398 g/mol. The quantitative estimate of drug-likeness (QED) is 0.328.